The molecule has 0 saturated heterocycles. The third-order valence-electron chi connectivity index (χ3n) is 4.19. The van der Waals surface area contributed by atoms with Crippen molar-refractivity contribution in [3.63, 3.8) is 0 Å². The van der Waals surface area contributed by atoms with Crippen LogP contribution >= 0.6 is 0 Å². The first-order chi connectivity index (χ1) is 10.4. The zero-order valence-corrected chi connectivity index (χ0v) is 13.0. The molecule has 0 spiro atoms. The maximum Gasteiger partial charge on any atom is 0.198 e. The van der Waals surface area contributed by atoms with Crippen molar-refractivity contribution in [1.82, 2.24) is 4.98 Å². The minimum absolute atomic E-state index is 0.580. The first-order valence-electron chi connectivity index (χ1n) is 8.51. The predicted molar refractivity (Wildman–Crippen MR) is 87.8 cm³/mol. The van der Waals surface area contributed by atoms with Crippen LogP contribution < -0.4 is 5.32 Å². The van der Waals surface area contributed by atoms with Gasteiger partial charge in [0.1, 0.15) is 5.52 Å². The Balaban J connectivity index is 1.46. The van der Waals surface area contributed by atoms with Crippen molar-refractivity contribution in [3.05, 3.63) is 24.1 Å². The van der Waals surface area contributed by atoms with E-state index < -0.39 is 0 Å². The molecule has 1 fully saturated rings. The lowest BCUT2D eigenvalue weighted by atomic mass is 10.1. The number of nitrogens with zero attached hydrogens (tertiary/aromatic N) is 1. The van der Waals surface area contributed by atoms with Crippen molar-refractivity contribution in [2.45, 2.75) is 64.2 Å². The van der Waals surface area contributed by atoms with Crippen LogP contribution in [0.1, 0.15) is 70.1 Å². The Bertz CT molecular complexity index is 572. The van der Waals surface area contributed by atoms with Crippen LogP contribution in [0.2, 0.25) is 0 Å². The summed E-state index contributed by atoms with van der Waals surface area (Å²) in [6.07, 6.45) is 10.5. The Morgan fingerprint density at radius 3 is 2.76 bits per heavy atom. The van der Waals surface area contributed by atoms with E-state index in [1.165, 1.54) is 51.4 Å². The third-order valence-corrected chi connectivity index (χ3v) is 4.19. The Morgan fingerprint density at radius 2 is 1.95 bits per heavy atom. The monoisotopic (exact) mass is 286 g/mol. The molecule has 0 amide bonds. The maximum absolute atomic E-state index is 5.79. The van der Waals surface area contributed by atoms with Gasteiger partial charge in [-0.25, -0.2) is 4.98 Å². The highest BCUT2D eigenvalue weighted by atomic mass is 16.3. The SMILES string of the molecule is CCCCCCCCNc1ccc2oc(C3CC3)nc2c1. The fourth-order valence-electron chi connectivity index (χ4n) is 2.70. The van der Waals surface area contributed by atoms with Crippen LogP contribution in [0, 0.1) is 0 Å². The maximum atomic E-state index is 5.79. The highest BCUT2D eigenvalue weighted by Crippen LogP contribution is 2.40. The van der Waals surface area contributed by atoms with Crippen molar-refractivity contribution in [1.29, 1.82) is 0 Å². The molecule has 0 unspecified atom stereocenters. The van der Waals surface area contributed by atoms with E-state index in [1.54, 1.807) is 0 Å². The molecule has 1 N–H and O–H groups in total. The highest BCUT2D eigenvalue weighted by molar-refractivity contribution is 5.77. The van der Waals surface area contributed by atoms with E-state index in [-0.39, 0.29) is 0 Å². The van der Waals surface area contributed by atoms with Crippen LogP contribution in [-0.4, -0.2) is 11.5 Å². The summed E-state index contributed by atoms with van der Waals surface area (Å²) < 4.78 is 5.79. The number of nitrogens with one attached hydrogen (secondary N) is 1. The fraction of sp³-hybridized carbons (Fsp3) is 0.611. The molecule has 114 valence electrons. The van der Waals surface area contributed by atoms with E-state index in [0.29, 0.717) is 5.92 Å². The summed E-state index contributed by atoms with van der Waals surface area (Å²) in [5, 5.41) is 3.50. The number of fused-ring (bicyclic) bond motifs is 1. The standard InChI is InChI=1S/C18H26N2O/c1-2-3-4-5-6-7-12-19-15-10-11-17-16(13-15)20-18(21-17)14-8-9-14/h10-11,13-14,19H,2-9,12H2,1H3. The van der Waals surface area contributed by atoms with Gasteiger partial charge in [-0.05, 0) is 37.5 Å². The summed E-state index contributed by atoms with van der Waals surface area (Å²) in [6, 6.07) is 6.25. The quantitative estimate of drug-likeness (QED) is 0.620. The number of hydrogen-bond acceptors (Lipinski definition) is 3. The molecule has 3 heteroatoms. The van der Waals surface area contributed by atoms with E-state index in [2.05, 4.69) is 29.4 Å². The fourth-order valence-corrected chi connectivity index (χ4v) is 2.70. The van der Waals surface area contributed by atoms with Crippen molar-refractivity contribution >= 4 is 16.8 Å². The lowest BCUT2D eigenvalue weighted by molar-refractivity contribution is 0.533. The summed E-state index contributed by atoms with van der Waals surface area (Å²) in [4.78, 5) is 4.61. The summed E-state index contributed by atoms with van der Waals surface area (Å²) in [7, 11) is 0. The van der Waals surface area contributed by atoms with Crippen molar-refractivity contribution in [3.8, 4) is 0 Å². The smallest absolute Gasteiger partial charge is 0.198 e. The second-order valence-corrected chi connectivity index (χ2v) is 6.20. The van der Waals surface area contributed by atoms with Crippen molar-refractivity contribution in [2.75, 3.05) is 11.9 Å². The minimum Gasteiger partial charge on any atom is -0.440 e. The van der Waals surface area contributed by atoms with Gasteiger partial charge < -0.3 is 9.73 Å². The zero-order valence-electron chi connectivity index (χ0n) is 13.0. The van der Waals surface area contributed by atoms with E-state index in [4.69, 9.17) is 4.42 Å². The third kappa shape index (κ3) is 3.99. The molecule has 1 aliphatic rings. The van der Waals surface area contributed by atoms with Crippen LogP contribution in [-0.2, 0) is 0 Å². The van der Waals surface area contributed by atoms with Gasteiger partial charge in [-0.1, -0.05) is 39.0 Å². The zero-order chi connectivity index (χ0) is 14.5. The average Bonchev–Trinajstić information content (AvgIpc) is 3.26. The first kappa shape index (κ1) is 14.4. The molecule has 1 heterocycles. The van der Waals surface area contributed by atoms with Gasteiger partial charge in [0.15, 0.2) is 11.5 Å². The Kier molecular flexibility index (Phi) is 4.79. The summed E-state index contributed by atoms with van der Waals surface area (Å²) >= 11 is 0. The van der Waals surface area contributed by atoms with E-state index in [9.17, 15) is 0 Å². The summed E-state index contributed by atoms with van der Waals surface area (Å²) in [6.45, 7) is 3.31. The molecule has 3 nitrogen and oxygen atoms in total. The first-order valence-corrected chi connectivity index (χ1v) is 8.51. The molecule has 1 aromatic heterocycles. The lowest BCUT2D eigenvalue weighted by Crippen LogP contribution is -2.01. The number of unbranched alkanes of at least 4 members (excludes halogenated alkanes) is 5. The molecule has 1 aromatic carbocycles. The molecule has 1 aliphatic carbocycles. The van der Waals surface area contributed by atoms with E-state index in [1.807, 2.05) is 6.07 Å². The topological polar surface area (TPSA) is 38.1 Å². The average molecular weight is 286 g/mol. The molecule has 0 radical (unpaired) electrons. The second-order valence-electron chi connectivity index (χ2n) is 6.20. The molecule has 2 aromatic rings. The van der Waals surface area contributed by atoms with Gasteiger partial charge in [0.2, 0.25) is 0 Å². The van der Waals surface area contributed by atoms with Crippen LogP contribution in [0.25, 0.3) is 11.1 Å². The van der Waals surface area contributed by atoms with Gasteiger partial charge in [-0.2, -0.15) is 0 Å². The number of rotatable bonds is 9. The summed E-state index contributed by atoms with van der Waals surface area (Å²) in [5.41, 5.74) is 3.07. The van der Waals surface area contributed by atoms with Gasteiger partial charge in [-0.3, -0.25) is 0 Å². The highest BCUT2D eigenvalue weighted by Gasteiger charge is 2.28. The largest absolute Gasteiger partial charge is 0.440 e. The lowest BCUT2D eigenvalue weighted by Gasteiger charge is -2.05. The normalized spacial score (nSPS) is 14.7. The van der Waals surface area contributed by atoms with Crippen LogP contribution in [0.15, 0.2) is 22.6 Å². The number of hydrogen-bond donors (Lipinski definition) is 1. The molecular formula is C18H26N2O. The van der Waals surface area contributed by atoms with Gasteiger partial charge in [0.25, 0.3) is 0 Å². The van der Waals surface area contributed by atoms with Gasteiger partial charge in [0, 0.05) is 18.2 Å². The van der Waals surface area contributed by atoms with Crippen LogP contribution in [0.4, 0.5) is 5.69 Å². The molecule has 3 rings (SSSR count). The van der Waals surface area contributed by atoms with Crippen LogP contribution in [0.3, 0.4) is 0 Å². The van der Waals surface area contributed by atoms with Crippen molar-refractivity contribution < 1.29 is 4.42 Å². The number of aromatic nitrogens is 1. The predicted octanol–water partition coefficient (Wildman–Crippen LogP) is 5.48. The second kappa shape index (κ2) is 6.97. The molecule has 21 heavy (non-hydrogen) atoms. The number of oxazole rings is 1. The van der Waals surface area contributed by atoms with E-state index >= 15 is 0 Å². The molecule has 1 saturated carbocycles. The molecule has 0 bridgehead atoms. The minimum atomic E-state index is 0.580. The molecule has 0 atom stereocenters. The van der Waals surface area contributed by atoms with E-state index in [0.717, 1.165) is 29.2 Å². The number of anilines is 1. The Morgan fingerprint density at radius 1 is 1.14 bits per heavy atom. The summed E-state index contributed by atoms with van der Waals surface area (Å²) in [5.74, 6) is 1.51. The Hall–Kier alpha value is -1.51. The number of benzene rings is 1. The molecular weight excluding hydrogens is 260 g/mol. The van der Waals surface area contributed by atoms with Crippen LogP contribution in [0.5, 0.6) is 0 Å². The Labute approximate surface area is 127 Å². The van der Waals surface area contributed by atoms with Gasteiger partial charge in [-0.15, -0.1) is 0 Å². The van der Waals surface area contributed by atoms with Crippen molar-refractivity contribution in [2.24, 2.45) is 0 Å². The molecule has 0 aliphatic heterocycles. The van der Waals surface area contributed by atoms with Gasteiger partial charge >= 0.3 is 0 Å². The van der Waals surface area contributed by atoms with Gasteiger partial charge in [0.05, 0.1) is 0 Å².